The van der Waals surface area contributed by atoms with Gasteiger partial charge in [0.25, 0.3) is 6.43 Å². The molecule has 0 atom stereocenters. The van der Waals surface area contributed by atoms with E-state index in [0.717, 1.165) is 12.1 Å². The zero-order valence-electron chi connectivity index (χ0n) is 9.89. The van der Waals surface area contributed by atoms with E-state index in [9.17, 15) is 22.0 Å². The number of hydrogen-bond donors (Lipinski definition) is 2. The van der Waals surface area contributed by atoms with E-state index >= 15 is 0 Å². The van der Waals surface area contributed by atoms with Crippen LogP contribution in [0.25, 0.3) is 6.08 Å². The Balaban J connectivity index is 3.01. The van der Waals surface area contributed by atoms with Crippen molar-refractivity contribution in [3.05, 3.63) is 34.9 Å². The maximum atomic E-state index is 12.0. The van der Waals surface area contributed by atoms with Gasteiger partial charge in [-0.25, -0.2) is 26.7 Å². The van der Waals surface area contributed by atoms with Crippen molar-refractivity contribution in [2.24, 2.45) is 0 Å². The van der Waals surface area contributed by atoms with E-state index in [2.05, 4.69) is 0 Å². The number of halogens is 3. The summed E-state index contributed by atoms with van der Waals surface area (Å²) in [6, 6.07) is 3.64. The van der Waals surface area contributed by atoms with Crippen LogP contribution in [0.4, 0.5) is 8.78 Å². The zero-order valence-corrected chi connectivity index (χ0v) is 11.5. The predicted molar refractivity (Wildman–Crippen MR) is 69.3 cm³/mol. The molecule has 0 saturated heterocycles. The third-order valence-electron chi connectivity index (χ3n) is 2.09. The number of aliphatic carboxylic acids is 1. The van der Waals surface area contributed by atoms with E-state index in [1.54, 1.807) is 4.72 Å². The largest absolute Gasteiger partial charge is 0.478 e. The van der Waals surface area contributed by atoms with Crippen LogP contribution in [0.1, 0.15) is 5.56 Å². The van der Waals surface area contributed by atoms with Crippen LogP contribution in [0.3, 0.4) is 0 Å². The number of alkyl halides is 2. The standard InChI is InChI=1S/C11H10ClF2NO4S/c12-8-5-7(2-4-11(16)17)1-3-9(8)20(18,19)15-6-10(13)14/h1-5,10,15H,6H2,(H,16,17)/b4-2+. The fraction of sp³-hybridized carbons (Fsp3) is 0.182. The fourth-order valence-corrected chi connectivity index (χ4v) is 2.81. The first kappa shape index (κ1) is 16.5. The van der Waals surface area contributed by atoms with Crippen molar-refractivity contribution in [3.63, 3.8) is 0 Å². The molecule has 5 nitrogen and oxygen atoms in total. The van der Waals surface area contributed by atoms with Crippen LogP contribution in [0.2, 0.25) is 5.02 Å². The van der Waals surface area contributed by atoms with Gasteiger partial charge >= 0.3 is 5.97 Å². The van der Waals surface area contributed by atoms with E-state index < -0.39 is 29.0 Å². The summed E-state index contributed by atoms with van der Waals surface area (Å²) in [5.74, 6) is -1.17. The van der Waals surface area contributed by atoms with Gasteiger partial charge in [-0.1, -0.05) is 17.7 Å². The molecule has 0 amide bonds. The fourth-order valence-electron chi connectivity index (χ4n) is 1.26. The third-order valence-corrected chi connectivity index (χ3v) is 4.00. The van der Waals surface area contributed by atoms with Gasteiger partial charge in [0.15, 0.2) is 0 Å². The van der Waals surface area contributed by atoms with E-state index in [1.165, 1.54) is 18.2 Å². The summed E-state index contributed by atoms with van der Waals surface area (Å²) in [5.41, 5.74) is 0.366. The van der Waals surface area contributed by atoms with Crippen LogP contribution in [-0.2, 0) is 14.8 Å². The van der Waals surface area contributed by atoms with Gasteiger partial charge in [-0.2, -0.15) is 0 Å². The van der Waals surface area contributed by atoms with Gasteiger partial charge < -0.3 is 5.11 Å². The van der Waals surface area contributed by atoms with Crippen LogP contribution in [-0.4, -0.2) is 32.5 Å². The highest BCUT2D eigenvalue weighted by Crippen LogP contribution is 2.23. The molecule has 0 aliphatic rings. The average molecular weight is 326 g/mol. The number of sulfonamides is 1. The second-order valence-electron chi connectivity index (χ2n) is 3.60. The molecule has 0 heterocycles. The van der Waals surface area contributed by atoms with Crippen LogP contribution < -0.4 is 4.72 Å². The van der Waals surface area contributed by atoms with Crippen molar-refractivity contribution in [1.82, 2.24) is 4.72 Å². The van der Waals surface area contributed by atoms with Gasteiger partial charge in [-0.15, -0.1) is 0 Å². The Morgan fingerprint density at radius 2 is 2.10 bits per heavy atom. The number of hydrogen-bond acceptors (Lipinski definition) is 3. The molecule has 2 N–H and O–H groups in total. The molecule has 0 saturated carbocycles. The van der Waals surface area contributed by atoms with Crippen LogP contribution in [0, 0.1) is 0 Å². The Hall–Kier alpha value is -1.51. The molecule has 1 rings (SSSR count). The topological polar surface area (TPSA) is 83.5 Å². The molecule has 0 spiro atoms. The summed E-state index contributed by atoms with van der Waals surface area (Å²) in [6.45, 7) is -1.01. The minimum absolute atomic E-state index is 0.195. The summed E-state index contributed by atoms with van der Waals surface area (Å²) >= 11 is 5.76. The van der Waals surface area contributed by atoms with Crippen molar-refractivity contribution < 1.29 is 27.1 Å². The summed E-state index contributed by atoms with van der Waals surface area (Å²) < 4.78 is 49.1. The van der Waals surface area contributed by atoms with Gasteiger partial charge in [0.05, 0.1) is 11.6 Å². The van der Waals surface area contributed by atoms with Crippen LogP contribution in [0.15, 0.2) is 29.2 Å². The highest BCUT2D eigenvalue weighted by atomic mass is 35.5. The monoisotopic (exact) mass is 325 g/mol. The van der Waals surface area contributed by atoms with Crippen molar-refractivity contribution in [2.45, 2.75) is 11.3 Å². The first-order valence-electron chi connectivity index (χ1n) is 5.21. The van der Waals surface area contributed by atoms with Crippen molar-refractivity contribution in [3.8, 4) is 0 Å². The Labute approximate surface area is 118 Å². The van der Waals surface area contributed by atoms with Gasteiger partial charge in [-0.3, -0.25) is 0 Å². The molecule has 20 heavy (non-hydrogen) atoms. The number of rotatable bonds is 6. The molecule has 0 bridgehead atoms. The SMILES string of the molecule is O=C(O)/C=C/c1ccc(S(=O)(=O)NCC(F)F)c(Cl)c1. The summed E-state index contributed by atoms with van der Waals surface area (Å²) in [6.07, 6.45) is -0.743. The lowest BCUT2D eigenvalue weighted by Crippen LogP contribution is -2.28. The third kappa shape index (κ3) is 4.87. The highest BCUT2D eigenvalue weighted by molar-refractivity contribution is 7.89. The quantitative estimate of drug-likeness (QED) is 0.783. The van der Waals surface area contributed by atoms with E-state index in [1.807, 2.05) is 0 Å². The second kappa shape index (κ2) is 6.78. The van der Waals surface area contributed by atoms with Crippen LogP contribution >= 0.6 is 11.6 Å². The molecule has 1 aromatic rings. The Morgan fingerprint density at radius 1 is 1.45 bits per heavy atom. The summed E-state index contributed by atoms with van der Waals surface area (Å²) in [4.78, 5) is 9.98. The lowest BCUT2D eigenvalue weighted by Gasteiger charge is -2.08. The molecule has 9 heteroatoms. The van der Waals surface area contributed by atoms with E-state index in [0.29, 0.717) is 5.56 Å². The van der Waals surface area contributed by atoms with Crippen molar-refractivity contribution >= 4 is 33.7 Å². The maximum absolute atomic E-state index is 12.0. The average Bonchev–Trinajstić information content (AvgIpc) is 2.34. The van der Waals surface area contributed by atoms with E-state index in [4.69, 9.17) is 16.7 Å². The van der Waals surface area contributed by atoms with Gasteiger partial charge in [0.2, 0.25) is 10.0 Å². The van der Waals surface area contributed by atoms with Gasteiger partial charge in [-0.05, 0) is 23.8 Å². The van der Waals surface area contributed by atoms with Gasteiger partial charge in [0, 0.05) is 6.08 Å². The first-order chi connectivity index (χ1) is 9.22. The highest BCUT2D eigenvalue weighted by Gasteiger charge is 2.19. The molecule has 0 radical (unpaired) electrons. The Kier molecular flexibility index (Phi) is 5.61. The Morgan fingerprint density at radius 3 is 2.60 bits per heavy atom. The molecule has 0 aliphatic heterocycles. The molecule has 0 fully saturated rings. The number of carboxylic acid groups (broad SMARTS) is 1. The minimum Gasteiger partial charge on any atom is -0.478 e. The van der Waals surface area contributed by atoms with Crippen molar-refractivity contribution in [1.29, 1.82) is 0 Å². The molecular formula is C11H10ClF2NO4S. The molecule has 1 aromatic carbocycles. The molecule has 110 valence electrons. The molecule has 0 unspecified atom stereocenters. The smallest absolute Gasteiger partial charge is 0.328 e. The van der Waals surface area contributed by atoms with Crippen LogP contribution in [0.5, 0.6) is 0 Å². The number of nitrogens with one attached hydrogen (secondary N) is 1. The number of carbonyl (C=O) groups is 1. The van der Waals surface area contributed by atoms with Crippen molar-refractivity contribution in [2.75, 3.05) is 6.54 Å². The molecule has 0 aliphatic carbocycles. The van der Waals surface area contributed by atoms with E-state index in [-0.39, 0.29) is 9.92 Å². The normalized spacial score (nSPS) is 12.2. The number of carboxylic acids is 1. The Bertz CT molecular complexity index is 631. The number of benzene rings is 1. The lowest BCUT2D eigenvalue weighted by molar-refractivity contribution is -0.131. The predicted octanol–water partition coefficient (Wildman–Crippen LogP) is 1.98. The second-order valence-corrected chi connectivity index (χ2v) is 5.75. The zero-order chi connectivity index (χ0) is 15.3. The summed E-state index contributed by atoms with van der Waals surface area (Å²) in [5, 5.41) is 8.26. The summed E-state index contributed by atoms with van der Waals surface area (Å²) in [7, 11) is -4.14. The lowest BCUT2D eigenvalue weighted by atomic mass is 10.2. The maximum Gasteiger partial charge on any atom is 0.328 e. The molecule has 0 aromatic heterocycles. The first-order valence-corrected chi connectivity index (χ1v) is 7.07. The molecular weight excluding hydrogens is 316 g/mol. The van der Waals surface area contributed by atoms with Gasteiger partial charge in [0.1, 0.15) is 4.90 Å². The minimum atomic E-state index is -4.14.